The quantitative estimate of drug-likeness (QED) is 0.662. The third-order valence-electron chi connectivity index (χ3n) is 5.07. The summed E-state index contributed by atoms with van der Waals surface area (Å²) in [6, 6.07) is 9.07. The van der Waals surface area contributed by atoms with Gasteiger partial charge in [0, 0.05) is 11.9 Å². The molecule has 5 atom stereocenters. The number of nitrogens with zero attached hydrogens (tertiary/aromatic N) is 1. The highest BCUT2D eigenvalue weighted by atomic mass is 16.5. The van der Waals surface area contributed by atoms with Crippen LogP contribution in [0.15, 0.2) is 42.5 Å². The average molecular weight is 344 g/mol. The molecule has 0 saturated carbocycles. The fraction of sp³-hybridized carbons (Fsp3) is 0.444. The van der Waals surface area contributed by atoms with E-state index in [1.54, 1.807) is 24.3 Å². The molecule has 0 aliphatic carbocycles. The average Bonchev–Trinajstić information content (AvgIpc) is 3.22. The SMILES string of the molecule is O=C([O-])[C@H]1[C@@H]2C=C[C@]3(CN(C[C@@H](O)COc4ccccc4)C(=O)[C@H]13)O2. The molecule has 3 aliphatic rings. The summed E-state index contributed by atoms with van der Waals surface area (Å²) < 4.78 is 11.3. The van der Waals surface area contributed by atoms with Gasteiger partial charge in [0.1, 0.15) is 24.1 Å². The second-order valence-electron chi connectivity index (χ2n) is 6.72. The first kappa shape index (κ1) is 16.1. The highest BCUT2D eigenvalue weighted by Crippen LogP contribution is 2.51. The third-order valence-corrected chi connectivity index (χ3v) is 5.07. The van der Waals surface area contributed by atoms with Crippen molar-refractivity contribution in [3.8, 4) is 5.75 Å². The van der Waals surface area contributed by atoms with Crippen molar-refractivity contribution in [2.75, 3.05) is 19.7 Å². The fourth-order valence-corrected chi connectivity index (χ4v) is 4.02. The Labute approximate surface area is 144 Å². The van der Waals surface area contributed by atoms with Crippen molar-refractivity contribution in [3.05, 3.63) is 42.5 Å². The smallest absolute Gasteiger partial charge is 0.230 e. The van der Waals surface area contributed by atoms with E-state index in [0.717, 1.165) is 0 Å². The largest absolute Gasteiger partial charge is 0.550 e. The van der Waals surface area contributed by atoms with Crippen LogP contribution in [0.4, 0.5) is 0 Å². The summed E-state index contributed by atoms with van der Waals surface area (Å²) in [7, 11) is 0. The van der Waals surface area contributed by atoms with Crippen molar-refractivity contribution in [2.45, 2.75) is 17.8 Å². The molecular formula is C18H18NO6-. The number of aliphatic hydroxyl groups excluding tert-OH is 1. The van der Waals surface area contributed by atoms with Crippen molar-refractivity contribution in [1.82, 2.24) is 4.90 Å². The number of carbonyl (C=O) groups excluding carboxylic acids is 2. The minimum atomic E-state index is -1.27. The molecule has 3 aliphatic heterocycles. The molecule has 7 heteroatoms. The van der Waals surface area contributed by atoms with Gasteiger partial charge < -0.3 is 29.4 Å². The monoisotopic (exact) mass is 344 g/mol. The predicted octanol–water partition coefficient (Wildman–Crippen LogP) is -1.04. The van der Waals surface area contributed by atoms with Crippen LogP contribution in [0.5, 0.6) is 5.75 Å². The Bertz CT molecular complexity index is 720. The van der Waals surface area contributed by atoms with Crippen LogP contribution in [0.25, 0.3) is 0 Å². The molecule has 2 saturated heterocycles. The standard InChI is InChI=1S/C18H19NO6/c20-11(9-24-12-4-2-1-3-5-12)8-19-10-18-7-6-13(25-18)14(17(22)23)15(18)16(19)21/h1-7,11,13-15,20H,8-10H2,(H,22,23)/p-1/t11-,13+,14+,15+,18-/m1/s1. The summed E-state index contributed by atoms with van der Waals surface area (Å²) in [6.45, 7) is 0.329. The van der Waals surface area contributed by atoms with E-state index in [-0.39, 0.29) is 25.6 Å². The van der Waals surface area contributed by atoms with Crippen LogP contribution in [-0.2, 0) is 14.3 Å². The lowest BCUT2D eigenvalue weighted by Gasteiger charge is -2.25. The molecule has 0 aromatic heterocycles. The van der Waals surface area contributed by atoms with Gasteiger partial charge in [0.25, 0.3) is 0 Å². The van der Waals surface area contributed by atoms with Gasteiger partial charge in [-0.15, -0.1) is 0 Å². The Hall–Kier alpha value is -2.38. The Morgan fingerprint density at radius 1 is 1.44 bits per heavy atom. The van der Waals surface area contributed by atoms with Crippen molar-refractivity contribution in [3.63, 3.8) is 0 Å². The first-order valence-corrected chi connectivity index (χ1v) is 8.23. The van der Waals surface area contributed by atoms with Gasteiger partial charge in [-0.05, 0) is 12.1 Å². The third kappa shape index (κ3) is 2.60. The lowest BCUT2D eigenvalue weighted by molar-refractivity contribution is -0.313. The maximum Gasteiger partial charge on any atom is 0.230 e. The van der Waals surface area contributed by atoms with E-state index < -0.39 is 35.6 Å². The summed E-state index contributed by atoms with van der Waals surface area (Å²) in [5.74, 6) is -2.72. The number of carboxylic acid groups (broad SMARTS) is 1. The van der Waals surface area contributed by atoms with Gasteiger partial charge >= 0.3 is 0 Å². The van der Waals surface area contributed by atoms with Gasteiger partial charge in [-0.25, -0.2) is 0 Å². The molecular weight excluding hydrogens is 326 g/mol. The molecule has 1 aromatic rings. The van der Waals surface area contributed by atoms with Gasteiger partial charge in [0.15, 0.2) is 0 Å². The number of β-amino-alcohol motifs (C(OH)–C–C–N with tert-alkyl or cyclic N) is 1. The van der Waals surface area contributed by atoms with Crippen LogP contribution in [0.3, 0.4) is 0 Å². The number of carbonyl (C=O) groups is 2. The zero-order chi connectivity index (χ0) is 17.6. The summed E-state index contributed by atoms with van der Waals surface area (Å²) in [5.41, 5.74) is -0.910. The Kier molecular flexibility index (Phi) is 3.77. The predicted molar refractivity (Wildman–Crippen MR) is 83.3 cm³/mol. The van der Waals surface area contributed by atoms with E-state index in [0.29, 0.717) is 5.75 Å². The molecule has 0 unspecified atom stereocenters. The molecule has 2 fully saturated rings. The van der Waals surface area contributed by atoms with E-state index in [1.807, 2.05) is 18.2 Å². The topological polar surface area (TPSA) is 99.1 Å². The van der Waals surface area contributed by atoms with Crippen LogP contribution in [0.2, 0.25) is 0 Å². The van der Waals surface area contributed by atoms with Gasteiger partial charge in [-0.3, -0.25) is 4.79 Å². The molecule has 0 radical (unpaired) electrons. The van der Waals surface area contributed by atoms with Crippen molar-refractivity contribution < 1.29 is 29.3 Å². The highest BCUT2D eigenvalue weighted by molar-refractivity contribution is 5.90. The van der Waals surface area contributed by atoms with E-state index in [1.165, 1.54) is 4.90 Å². The minimum absolute atomic E-state index is 0.0364. The number of aliphatic hydroxyl groups is 1. The summed E-state index contributed by atoms with van der Waals surface area (Å²) in [6.07, 6.45) is 1.96. The second kappa shape index (κ2) is 5.86. The van der Waals surface area contributed by atoms with Crippen LogP contribution in [0, 0.1) is 11.8 Å². The zero-order valence-electron chi connectivity index (χ0n) is 13.4. The zero-order valence-corrected chi connectivity index (χ0v) is 13.4. The Balaban J connectivity index is 1.40. The minimum Gasteiger partial charge on any atom is -0.550 e. The highest BCUT2D eigenvalue weighted by Gasteiger charge is 2.65. The molecule has 25 heavy (non-hydrogen) atoms. The normalized spacial score (nSPS) is 33.6. The lowest BCUT2D eigenvalue weighted by atomic mass is 9.77. The number of fused-ring (bicyclic) bond motifs is 1. The Morgan fingerprint density at radius 3 is 2.92 bits per heavy atom. The number of ether oxygens (including phenoxy) is 2. The van der Waals surface area contributed by atoms with Crippen LogP contribution >= 0.6 is 0 Å². The van der Waals surface area contributed by atoms with Crippen molar-refractivity contribution >= 4 is 11.9 Å². The van der Waals surface area contributed by atoms with E-state index in [4.69, 9.17) is 9.47 Å². The number of amides is 1. The molecule has 7 nitrogen and oxygen atoms in total. The first-order chi connectivity index (χ1) is 12.0. The number of likely N-dealkylation sites (tertiary alicyclic amines) is 1. The Morgan fingerprint density at radius 2 is 2.20 bits per heavy atom. The number of aliphatic carboxylic acids is 1. The van der Waals surface area contributed by atoms with Gasteiger partial charge in [-0.1, -0.05) is 30.4 Å². The van der Waals surface area contributed by atoms with E-state index in [9.17, 15) is 19.8 Å². The molecule has 1 spiro atoms. The lowest BCUT2D eigenvalue weighted by Crippen LogP contribution is -2.45. The number of carboxylic acids is 1. The van der Waals surface area contributed by atoms with Crippen molar-refractivity contribution in [2.24, 2.45) is 11.8 Å². The summed E-state index contributed by atoms with van der Waals surface area (Å²) in [5, 5.41) is 21.6. The van der Waals surface area contributed by atoms with E-state index in [2.05, 4.69) is 0 Å². The summed E-state index contributed by atoms with van der Waals surface area (Å²) >= 11 is 0. The number of hydrogen-bond donors (Lipinski definition) is 1. The number of rotatable bonds is 6. The summed E-state index contributed by atoms with van der Waals surface area (Å²) in [4.78, 5) is 25.5. The molecule has 2 bridgehead atoms. The fourth-order valence-electron chi connectivity index (χ4n) is 4.02. The number of benzene rings is 1. The van der Waals surface area contributed by atoms with E-state index >= 15 is 0 Å². The molecule has 1 amide bonds. The molecule has 1 aromatic carbocycles. The van der Waals surface area contributed by atoms with Gasteiger partial charge in [-0.2, -0.15) is 0 Å². The first-order valence-electron chi connectivity index (χ1n) is 8.23. The maximum atomic E-state index is 12.7. The van der Waals surface area contributed by atoms with Crippen LogP contribution in [-0.4, -0.2) is 59.4 Å². The van der Waals surface area contributed by atoms with Gasteiger partial charge in [0.05, 0.1) is 25.1 Å². The number of hydrogen-bond acceptors (Lipinski definition) is 6. The number of para-hydroxylation sites is 1. The molecule has 132 valence electrons. The molecule has 3 heterocycles. The van der Waals surface area contributed by atoms with Crippen LogP contribution in [0.1, 0.15) is 0 Å². The van der Waals surface area contributed by atoms with Gasteiger partial charge in [0.2, 0.25) is 5.91 Å². The van der Waals surface area contributed by atoms with Crippen molar-refractivity contribution in [1.29, 1.82) is 0 Å². The van der Waals surface area contributed by atoms with Crippen LogP contribution < -0.4 is 9.84 Å². The maximum absolute atomic E-state index is 12.7. The second-order valence-corrected chi connectivity index (χ2v) is 6.72. The molecule has 1 N–H and O–H groups in total. The molecule has 4 rings (SSSR count).